The van der Waals surface area contributed by atoms with E-state index < -0.39 is 0 Å². The van der Waals surface area contributed by atoms with Crippen LogP contribution < -0.4 is 10.6 Å². The van der Waals surface area contributed by atoms with Crippen molar-refractivity contribution in [3.63, 3.8) is 0 Å². The molecule has 1 aliphatic rings. The van der Waals surface area contributed by atoms with Crippen molar-refractivity contribution < 1.29 is 9.59 Å². The van der Waals surface area contributed by atoms with E-state index >= 15 is 0 Å². The highest BCUT2D eigenvalue weighted by atomic mass is 35.5. The third-order valence-corrected chi connectivity index (χ3v) is 6.18. The van der Waals surface area contributed by atoms with Gasteiger partial charge in [-0.15, -0.1) is 0 Å². The monoisotopic (exact) mass is 438 g/mol. The summed E-state index contributed by atoms with van der Waals surface area (Å²) in [6, 6.07) is 11.2. The highest BCUT2D eigenvalue weighted by Gasteiger charge is 2.22. The molecule has 1 aliphatic carbocycles. The van der Waals surface area contributed by atoms with Gasteiger partial charge in [0.1, 0.15) is 0 Å². The van der Waals surface area contributed by atoms with E-state index in [-0.39, 0.29) is 23.8 Å². The number of hydrogen-bond donors (Lipinski definition) is 2. The standard InChI is InChI=1S/C24H27ClN4O2/c1-15(2)29-22-9-5-8-21(19(22)14-27-29)28-24(31)18-12-16(10-11-20(18)25)13-26-23(30)17-6-3-4-7-17/h5,8-12,14-15,17H,3-4,6-7,13H2,1-2H3,(H,26,30)(H,28,31). The Labute approximate surface area is 187 Å². The predicted octanol–water partition coefficient (Wildman–Crippen LogP) is 5.33. The fourth-order valence-electron chi connectivity index (χ4n) is 4.16. The van der Waals surface area contributed by atoms with Crippen LogP contribution in [0.4, 0.5) is 5.69 Å². The van der Waals surface area contributed by atoms with Crippen LogP contribution in [0, 0.1) is 5.92 Å². The number of hydrogen-bond acceptors (Lipinski definition) is 3. The molecule has 2 amide bonds. The zero-order valence-electron chi connectivity index (χ0n) is 17.8. The number of anilines is 1. The molecule has 0 spiro atoms. The van der Waals surface area contributed by atoms with Crippen LogP contribution in [0.25, 0.3) is 10.9 Å². The quantitative estimate of drug-likeness (QED) is 0.546. The van der Waals surface area contributed by atoms with Crippen molar-refractivity contribution in [1.29, 1.82) is 0 Å². The predicted molar refractivity (Wildman–Crippen MR) is 123 cm³/mol. The van der Waals surface area contributed by atoms with Gasteiger partial charge in [0.15, 0.2) is 0 Å². The van der Waals surface area contributed by atoms with Crippen LogP contribution in [0.5, 0.6) is 0 Å². The van der Waals surface area contributed by atoms with Gasteiger partial charge in [-0.2, -0.15) is 5.10 Å². The normalized spacial score (nSPS) is 14.3. The van der Waals surface area contributed by atoms with Gasteiger partial charge in [-0.3, -0.25) is 14.3 Å². The van der Waals surface area contributed by atoms with Gasteiger partial charge in [-0.25, -0.2) is 0 Å². The number of fused-ring (bicyclic) bond motifs is 1. The molecule has 0 unspecified atom stereocenters. The lowest BCUT2D eigenvalue weighted by Gasteiger charge is -2.13. The number of nitrogens with zero attached hydrogens (tertiary/aromatic N) is 2. The largest absolute Gasteiger partial charge is 0.352 e. The Hall–Kier alpha value is -2.86. The van der Waals surface area contributed by atoms with E-state index in [0.717, 1.165) is 42.1 Å². The average molecular weight is 439 g/mol. The molecule has 7 heteroatoms. The molecule has 2 N–H and O–H groups in total. The van der Waals surface area contributed by atoms with E-state index in [1.54, 1.807) is 18.3 Å². The zero-order valence-corrected chi connectivity index (χ0v) is 18.6. The van der Waals surface area contributed by atoms with E-state index in [9.17, 15) is 9.59 Å². The number of halogens is 1. The molecule has 6 nitrogen and oxygen atoms in total. The molecule has 0 aliphatic heterocycles. The van der Waals surface area contributed by atoms with Gasteiger partial charge in [0.25, 0.3) is 5.91 Å². The first-order valence-corrected chi connectivity index (χ1v) is 11.2. The van der Waals surface area contributed by atoms with Gasteiger partial charge in [0.05, 0.1) is 28.0 Å². The van der Waals surface area contributed by atoms with E-state index in [1.165, 1.54) is 0 Å². The highest BCUT2D eigenvalue weighted by Crippen LogP contribution is 2.27. The second kappa shape index (κ2) is 9.10. The molecule has 0 radical (unpaired) electrons. The SMILES string of the molecule is CC(C)n1ncc2c(NC(=O)c3cc(CNC(=O)C4CCCC4)ccc3Cl)cccc21. The summed E-state index contributed by atoms with van der Waals surface area (Å²) in [5, 5.41) is 11.6. The van der Waals surface area contributed by atoms with Crippen LogP contribution in [0.3, 0.4) is 0 Å². The van der Waals surface area contributed by atoms with Crippen LogP contribution >= 0.6 is 11.6 Å². The van der Waals surface area contributed by atoms with Gasteiger partial charge in [-0.05, 0) is 56.5 Å². The first-order valence-electron chi connectivity index (χ1n) is 10.8. The summed E-state index contributed by atoms with van der Waals surface area (Å²) in [6.07, 6.45) is 5.91. The molecule has 1 fully saturated rings. The molecule has 31 heavy (non-hydrogen) atoms. The van der Waals surface area contributed by atoms with Crippen molar-refractivity contribution >= 4 is 40.0 Å². The van der Waals surface area contributed by atoms with Gasteiger partial charge in [-0.1, -0.05) is 36.6 Å². The summed E-state index contributed by atoms with van der Waals surface area (Å²) >= 11 is 6.32. The molecule has 0 atom stereocenters. The maximum Gasteiger partial charge on any atom is 0.257 e. The van der Waals surface area contributed by atoms with Crippen molar-refractivity contribution in [2.75, 3.05) is 5.32 Å². The molecular weight excluding hydrogens is 412 g/mol. The van der Waals surface area contributed by atoms with E-state index in [1.807, 2.05) is 28.9 Å². The summed E-state index contributed by atoms with van der Waals surface area (Å²) < 4.78 is 1.92. The lowest BCUT2D eigenvalue weighted by Crippen LogP contribution is -2.28. The summed E-state index contributed by atoms with van der Waals surface area (Å²) in [5.74, 6) is -0.0895. The Morgan fingerprint density at radius 2 is 1.97 bits per heavy atom. The number of aromatic nitrogens is 2. The molecule has 4 rings (SSSR count). The number of carbonyl (C=O) groups is 2. The Balaban J connectivity index is 1.50. The second-order valence-corrected chi connectivity index (χ2v) is 8.80. The minimum atomic E-state index is -0.293. The minimum absolute atomic E-state index is 0.0901. The van der Waals surface area contributed by atoms with E-state index in [2.05, 4.69) is 29.6 Å². The van der Waals surface area contributed by atoms with Crippen LogP contribution in [-0.4, -0.2) is 21.6 Å². The average Bonchev–Trinajstić information content (AvgIpc) is 3.43. The third kappa shape index (κ3) is 4.59. The molecule has 1 saturated carbocycles. The smallest absolute Gasteiger partial charge is 0.257 e. The molecular formula is C24H27ClN4O2. The first-order chi connectivity index (χ1) is 14.9. The lowest BCUT2D eigenvalue weighted by molar-refractivity contribution is -0.124. The molecule has 1 heterocycles. The fraction of sp³-hybridized carbons (Fsp3) is 0.375. The molecule has 3 aromatic rings. The number of carbonyl (C=O) groups excluding carboxylic acids is 2. The van der Waals surface area contributed by atoms with Gasteiger partial charge in [0.2, 0.25) is 5.91 Å². The van der Waals surface area contributed by atoms with Crippen molar-refractivity contribution in [3.05, 3.63) is 58.7 Å². The summed E-state index contributed by atoms with van der Waals surface area (Å²) in [5.41, 5.74) is 2.86. The van der Waals surface area contributed by atoms with Crippen LogP contribution in [0.15, 0.2) is 42.6 Å². The van der Waals surface area contributed by atoms with Crippen molar-refractivity contribution in [2.24, 2.45) is 5.92 Å². The molecule has 162 valence electrons. The fourth-order valence-corrected chi connectivity index (χ4v) is 4.36. The van der Waals surface area contributed by atoms with Gasteiger partial charge < -0.3 is 10.6 Å². The minimum Gasteiger partial charge on any atom is -0.352 e. The third-order valence-electron chi connectivity index (χ3n) is 5.85. The Morgan fingerprint density at radius 3 is 2.71 bits per heavy atom. The Bertz CT molecular complexity index is 1120. The molecule has 0 bridgehead atoms. The number of nitrogens with one attached hydrogen (secondary N) is 2. The van der Waals surface area contributed by atoms with Crippen molar-refractivity contribution in [2.45, 2.75) is 52.1 Å². The summed E-state index contributed by atoms with van der Waals surface area (Å²) in [6.45, 7) is 4.51. The van der Waals surface area contributed by atoms with Crippen molar-refractivity contribution in [1.82, 2.24) is 15.1 Å². The summed E-state index contributed by atoms with van der Waals surface area (Å²) in [7, 11) is 0. The van der Waals surface area contributed by atoms with E-state index in [0.29, 0.717) is 22.8 Å². The molecule has 2 aromatic carbocycles. The van der Waals surface area contributed by atoms with Crippen molar-refractivity contribution in [3.8, 4) is 0 Å². The maximum absolute atomic E-state index is 13.0. The van der Waals surface area contributed by atoms with Crippen LogP contribution in [-0.2, 0) is 11.3 Å². The summed E-state index contributed by atoms with van der Waals surface area (Å²) in [4.78, 5) is 25.3. The second-order valence-electron chi connectivity index (χ2n) is 8.39. The van der Waals surface area contributed by atoms with Crippen LogP contribution in [0.1, 0.15) is 61.5 Å². The number of benzene rings is 2. The van der Waals surface area contributed by atoms with Gasteiger partial charge >= 0.3 is 0 Å². The van der Waals surface area contributed by atoms with E-state index in [4.69, 9.17) is 11.6 Å². The first kappa shape index (κ1) is 21.4. The molecule has 0 saturated heterocycles. The number of rotatable bonds is 6. The maximum atomic E-state index is 13.0. The topological polar surface area (TPSA) is 76.0 Å². The van der Waals surface area contributed by atoms with Gasteiger partial charge in [0, 0.05) is 23.9 Å². The zero-order chi connectivity index (χ0) is 22.0. The number of amides is 2. The molecule has 1 aromatic heterocycles. The highest BCUT2D eigenvalue weighted by molar-refractivity contribution is 6.34. The Kier molecular flexibility index (Phi) is 6.28. The lowest BCUT2D eigenvalue weighted by atomic mass is 10.1. The van der Waals surface area contributed by atoms with Crippen LogP contribution in [0.2, 0.25) is 5.02 Å². The Morgan fingerprint density at radius 1 is 1.19 bits per heavy atom.